The first-order valence-electron chi connectivity index (χ1n) is 5.26. The second kappa shape index (κ2) is 4.44. The summed E-state index contributed by atoms with van der Waals surface area (Å²) in [5.41, 5.74) is 5.64. The fourth-order valence-corrected chi connectivity index (χ4v) is 1.70. The molecule has 0 spiro atoms. The molecule has 1 saturated heterocycles. The molecular formula is C10H16N4O. The van der Waals surface area contributed by atoms with E-state index in [-0.39, 0.29) is 0 Å². The second-order valence-electron chi connectivity index (χ2n) is 3.52. The van der Waals surface area contributed by atoms with Gasteiger partial charge in [0.2, 0.25) is 5.88 Å². The van der Waals surface area contributed by atoms with E-state index in [9.17, 15) is 0 Å². The molecule has 0 radical (unpaired) electrons. The molecule has 15 heavy (non-hydrogen) atoms. The minimum absolute atomic E-state index is 0.425. The van der Waals surface area contributed by atoms with Gasteiger partial charge in [0.25, 0.3) is 0 Å². The molecule has 0 saturated carbocycles. The summed E-state index contributed by atoms with van der Waals surface area (Å²) < 4.78 is 5.33. The quantitative estimate of drug-likeness (QED) is 0.776. The molecule has 5 heteroatoms. The Morgan fingerprint density at radius 2 is 2.47 bits per heavy atom. The predicted molar refractivity (Wildman–Crippen MR) is 58.0 cm³/mol. The summed E-state index contributed by atoms with van der Waals surface area (Å²) in [6.07, 6.45) is 2.68. The van der Waals surface area contributed by atoms with E-state index in [1.807, 2.05) is 13.0 Å². The summed E-state index contributed by atoms with van der Waals surface area (Å²) in [6, 6.07) is 2.29. The number of aromatic nitrogens is 2. The smallest absolute Gasteiger partial charge is 0.218 e. The lowest BCUT2D eigenvalue weighted by Crippen LogP contribution is -2.52. The Labute approximate surface area is 89.3 Å². The molecule has 1 unspecified atom stereocenters. The van der Waals surface area contributed by atoms with Crippen LogP contribution in [0.2, 0.25) is 0 Å². The fraction of sp³-hybridized carbons (Fsp3) is 0.600. The molecule has 1 aromatic heterocycles. The van der Waals surface area contributed by atoms with Crippen molar-refractivity contribution in [3.8, 4) is 5.88 Å². The van der Waals surface area contributed by atoms with Crippen LogP contribution < -0.4 is 15.4 Å². The average molecular weight is 208 g/mol. The predicted octanol–water partition coefficient (Wildman–Crippen LogP) is 0.413. The zero-order chi connectivity index (χ0) is 10.7. The molecule has 1 atom stereocenters. The summed E-state index contributed by atoms with van der Waals surface area (Å²) in [7, 11) is 0. The van der Waals surface area contributed by atoms with Gasteiger partial charge in [-0.05, 0) is 13.3 Å². The Balaban J connectivity index is 2.10. The Kier molecular flexibility index (Phi) is 3.01. The first-order chi connectivity index (χ1) is 7.35. The summed E-state index contributed by atoms with van der Waals surface area (Å²) in [4.78, 5) is 10.4. The summed E-state index contributed by atoms with van der Waals surface area (Å²) >= 11 is 0. The van der Waals surface area contributed by atoms with Gasteiger partial charge in [-0.25, -0.2) is 9.97 Å². The molecule has 2 heterocycles. The van der Waals surface area contributed by atoms with Gasteiger partial charge in [0.05, 0.1) is 6.61 Å². The number of rotatable bonds is 4. The summed E-state index contributed by atoms with van der Waals surface area (Å²) in [5.74, 6) is 1.54. The number of nitrogens with two attached hydrogens (primary N) is 1. The van der Waals surface area contributed by atoms with Crippen molar-refractivity contribution in [3.05, 3.63) is 12.4 Å². The third-order valence-electron chi connectivity index (χ3n) is 2.63. The minimum Gasteiger partial charge on any atom is -0.478 e. The Hall–Kier alpha value is -1.36. The third-order valence-corrected chi connectivity index (χ3v) is 2.63. The maximum Gasteiger partial charge on any atom is 0.218 e. The highest BCUT2D eigenvalue weighted by Gasteiger charge is 2.27. The zero-order valence-corrected chi connectivity index (χ0v) is 8.89. The van der Waals surface area contributed by atoms with Crippen molar-refractivity contribution in [2.75, 3.05) is 24.6 Å². The highest BCUT2D eigenvalue weighted by molar-refractivity contribution is 5.44. The molecule has 0 bridgehead atoms. The van der Waals surface area contributed by atoms with Crippen LogP contribution in [0, 0.1) is 0 Å². The lowest BCUT2D eigenvalue weighted by atomic mass is 10.0. The van der Waals surface area contributed by atoms with Crippen LogP contribution in [-0.4, -0.2) is 35.7 Å². The Morgan fingerprint density at radius 1 is 1.60 bits per heavy atom. The van der Waals surface area contributed by atoms with E-state index in [1.165, 1.54) is 6.33 Å². The molecule has 0 aromatic carbocycles. The SMILES string of the molecule is CCOc1cc(N2CCC2CN)ncn1. The summed E-state index contributed by atoms with van der Waals surface area (Å²) in [6.45, 7) is 4.25. The van der Waals surface area contributed by atoms with Gasteiger partial charge in [0.15, 0.2) is 0 Å². The van der Waals surface area contributed by atoms with Gasteiger partial charge in [-0.1, -0.05) is 0 Å². The second-order valence-corrected chi connectivity index (χ2v) is 3.52. The van der Waals surface area contributed by atoms with Crippen molar-refractivity contribution in [1.82, 2.24) is 9.97 Å². The monoisotopic (exact) mass is 208 g/mol. The lowest BCUT2D eigenvalue weighted by Gasteiger charge is -2.41. The maximum atomic E-state index is 5.64. The van der Waals surface area contributed by atoms with Crippen LogP contribution in [0.1, 0.15) is 13.3 Å². The minimum atomic E-state index is 0.425. The van der Waals surface area contributed by atoms with E-state index < -0.39 is 0 Å². The Bertz CT molecular complexity index is 329. The van der Waals surface area contributed by atoms with E-state index in [0.29, 0.717) is 25.1 Å². The van der Waals surface area contributed by atoms with Crippen LogP contribution in [0.5, 0.6) is 5.88 Å². The maximum absolute atomic E-state index is 5.64. The highest BCUT2D eigenvalue weighted by atomic mass is 16.5. The molecule has 2 rings (SSSR count). The number of ether oxygens (including phenoxy) is 1. The van der Waals surface area contributed by atoms with Crippen molar-refractivity contribution in [3.63, 3.8) is 0 Å². The zero-order valence-electron chi connectivity index (χ0n) is 8.89. The first kappa shape index (κ1) is 10.2. The fourth-order valence-electron chi connectivity index (χ4n) is 1.70. The molecule has 0 amide bonds. The van der Waals surface area contributed by atoms with Crippen LogP contribution >= 0.6 is 0 Å². The van der Waals surface area contributed by atoms with Gasteiger partial charge in [0.1, 0.15) is 12.1 Å². The topological polar surface area (TPSA) is 64.3 Å². The highest BCUT2D eigenvalue weighted by Crippen LogP contribution is 2.25. The lowest BCUT2D eigenvalue weighted by molar-refractivity contribution is 0.325. The summed E-state index contributed by atoms with van der Waals surface area (Å²) in [5, 5.41) is 0. The van der Waals surface area contributed by atoms with Gasteiger partial charge in [-0.3, -0.25) is 0 Å². The van der Waals surface area contributed by atoms with E-state index in [2.05, 4.69) is 14.9 Å². The van der Waals surface area contributed by atoms with Crippen molar-refractivity contribution in [1.29, 1.82) is 0 Å². The van der Waals surface area contributed by atoms with Crippen LogP contribution in [0.3, 0.4) is 0 Å². The van der Waals surface area contributed by atoms with Crippen molar-refractivity contribution in [2.24, 2.45) is 5.73 Å². The number of hydrogen-bond acceptors (Lipinski definition) is 5. The van der Waals surface area contributed by atoms with E-state index >= 15 is 0 Å². The van der Waals surface area contributed by atoms with E-state index in [4.69, 9.17) is 10.5 Å². The third kappa shape index (κ3) is 2.02. The molecule has 1 aliphatic heterocycles. The van der Waals surface area contributed by atoms with E-state index in [1.54, 1.807) is 0 Å². The molecule has 1 fully saturated rings. The van der Waals surface area contributed by atoms with Gasteiger partial charge in [0, 0.05) is 25.2 Å². The normalized spacial score (nSPS) is 19.9. The van der Waals surface area contributed by atoms with Crippen molar-refractivity contribution in [2.45, 2.75) is 19.4 Å². The van der Waals surface area contributed by atoms with Gasteiger partial charge in [-0.2, -0.15) is 0 Å². The van der Waals surface area contributed by atoms with Gasteiger partial charge in [-0.15, -0.1) is 0 Å². The van der Waals surface area contributed by atoms with Crippen LogP contribution in [-0.2, 0) is 0 Å². The molecule has 2 N–H and O–H groups in total. The number of anilines is 1. The van der Waals surface area contributed by atoms with Crippen LogP contribution in [0.15, 0.2) is 12.4 Å². The average Bonchev–Trinajstić information content (AvgIpc) is 2.18. The molecule has 5 nitrogen and oxygen atoms in total. The molecular weight excluding hydrogens is 192 g/mol. The Morgan fingerprint density at radius 3 is 3.07 bits per heavy atom. The van der Waals surface area contributed by atoms with Crippen molar-refractivity contribution < 1.29 is 4.74 Å². The standard InChI is InChI=1S/C10H16N4O/c1-2-15-10-5-9(12-7-13-10)14-4-3-8(14)6-11/h5,7-8H,2-4,6,11H2,1H3. The van der Waals surface area contributed by atoms with Crippen LogP contribution in [0.25, 0.3) is 0 Å². The van der Waals surface area contributed by atoms with E-state index in [0.717, 1.165) is 18.8 Å². The van der Waals surface area contributed by atoms with Crippen LogP contribution in [0.4, 0.5) is 5.82 Å². The molecule has 82 valence electrons. The van der Waals surface area contributed by atoms with Gasteiger partial charge < -0.3 is 15.4 Å². The molecule has 1 aromatic rings. The molecule has 1 aliphatic rings. The largest absolute Gasteiger partial charge is 0.478 e. The number of hydrogen-bond donors (Lipinski definition) is 1. The van der Waals surface area contributed by atoms with Crippen molar-refractivity contribution >= 4 is 5.82 Å². The molecule has 0 aliphatic carbocycles. The van der Waals surface area contributed by atoms with Gasteiger partial charge >= 0.3 is 0 Å². The first-order valence-corrected chi connectivity index (χ1v) is 5.26. The number of nitrogens with zero attached hydrogens (tertiary/aromatic N) is 3.